The zero-order valence-electron chi connectivity index (χ0n) is 15.3. The van der Waals surface area contributed by atoms with Gasteiger partial charge in [0.05, 0.1) is 5.88 Å². The van der Waals surface area contributed by atoms with Crippen LogP contribution in [0.15, 0.2) is 30.3 Å². The summed E-state index contributed by atoms with van der Waals surface area (Å²) in [5.41, 5.74) is 1.71. The Morgan fingerprint density at radius 1 is 0.880 bits per heavy atom. The molecule has 0 amide bonds. The van der Waals surface area contributed by atoms with Crippen molar-refractivity contribution in [1.82, 2.24) is 9.78 Å². The number of para-hydroxylation sites is 1. The zero-order chi connectivity index (χ0) is 17.0. The van der Waals surface area contributed by atoms with Crippen molar-refractivity contribution in [3.05, 3.63) is 42.1 Å². The van der Waals surface area contributed by atoms with Gasteiger partial charge >= 0.3 is 0 Å². The summed E-state index contributed by atoms with van der Waals surface area (Å²) in [5, 5.41) is 14.5. The molecular weight excluding hydrogens is 355 g/mol. The number of benzene rings is 1. The van der Waals surface area contributed by atoms with Crippen LogP contribution in [0, 0.1) is 6.20 Å². The molecule has 4 heteroatoms. The average molecular weight is 386 g/mol. The molecule has 1 aromatic heterocycles. The van der Waals surface area contributed by atoms with Crippen molar-refractivity contribution < 1.29 is 21.6 Å². The predicted molar refractivity (Wildman–Crippen MR) is 99.6 cm³/mol. The van der Waals surface area contributed by atoms with Gasteiger partial charge in [0, 0.05) is 22.2 Å². The maximum atomic E-state index is 10.3. The molecule has 0 saturated heterocycles. The van der Waals surface area contributed by atoms with Crippen molar-refractivity contribution >= 4 is 0 Å². The first-order valence-corrected chi connectivity index (χ1v) is 9.57. The van der Waals surface area contributed by atoms with E-state index >= 15 is 0 Å². The Hall–Kier alpha value is -1.28. The number of hydrogen-bond acceptors (Lipinski definition) is 2. The van der Waals surface area contributed by atoms with Crippen molar-refractivity contribution in [2.75, 3.05) is 0 Å². The van der Waals surface area contributed by atoms with Crippen molar-refractivity contribution in [1.29, 1.82) is 0 Å². The van der Waals surface area contributed by atoms with Crippen LogP contribution in [0.5, 0.6) is 5.88 Å². The number of aromatic hydroxyl groups is 1. The second kappa shape index (κ2) is 13.0. The minimum Gasteiger partial charge on any atom is -0.576 e. The minimum absolute atomic E-state index is 0. The molecule has 2 aromatic rings. The largest absolute Gasteiger partial charge is 0.576 e. The van der Waals surface area contributed by atoms with E-state index in [2.05, 4.69) is 18.2 Å². The molecule has 0 aliphatic rings. The Kier molecular flexibility index (Phi) is 11.3. The fraction of sp³-hybridized carbons (Fsp3) is 0.571. The van der Waals surface area contributed by atoms with Crippen LogP contribution >= 0.6 is 0 Å². The van der Waals surface area contributed by atoms with Crippen molar-refractivity contribution in [2.24, 2.45) is 0 Å². The molecular formula is C21H31N2NiO-. The number of aromatic nitrogens is 2. The van der Waals surface area contributed by atoms with Crippen LogP contribution in [0.3, 0.4) is 0 Å². The number of rotatable bonds is 12. The number of nitrogens with zero attached hydrogens (tertiary/aromatic N) is 2. The van der Waals surface area contributed by atoms with E-state index in [9.17, 15) is 5.11 Å². The maximum Gasteiger partial charge on any atom is 0.0575 e. The van der Waals surface area contributed by atoms with Gasteiger partial charge in [-0.05, 0) is 12.1 Å². The number of aryl methyl sites for hydroxylation is 1. The van der Waals surface area contributed by atoms with Crippen LogP contribution in [0.4, 0.5) is 0 Å². The third kappa shape index (κ3) is 7.65. The fourth-order valence-corrected chi connectivity index (χ4v) is 3.04. The summed E-state index contributed by atoms with van der Waals surface area (Å²) in [6.45, 7) is 2.26. The van der Waals surface area contributed by atoms with Crippen LogP contribution in [-0.2, 0) is 22.9 Å². The van der Waals surface area contributed by atoms with E-state index in [1.165, 1.54) is 57.8 Å². The Morgan fingerprint density at radius 2 is 1.44 bits per heavy atom. The van der Waals surface area contributed by atoms with E-state index in [0.29, 0.717) is 0 Å². The van der Waals surface area contributed by atoms with E-state index in [4.69, 9.17) is 0 Å². The molecule has 1 heterocycles. The van der Waals surface area contributed by atoms with Gasteiger partial charge < -0.3 is 5.11 Å². The molecule has 0 radical (unpaired) electrons. The monoisotopic (exact) mass is 385 g/mol. The molecule has 2 rings (SSSR count). The normalized spacial score (nSPS) is 10.6. The van der Waals surface area contributed by atoms with Gasteiger partial charge in [0.25, 0.3) is 0 Å². The molecule has 3 nitrogen and oxygen atoms in total. The van der Waals surface area contributed by atoms with Crippen molar-refractivity contribution in [3.63, 3.8) is 0 Å². The van der Waals surface area contributed by atoms with Crippen molar-refractivity contribution in [3.8, 4) is 11.6 Å². The van der Waals surface area contributed by atoms with Crippen LogP contribution in [0.25, 0.3) is 5.69 Å². The molecule has 1 aromatic carbocycles. The summed E-state index contributed by atoms with van der Waals surface area (Å²) in [7, 11) is 0. The number of unbranched alkanes of at least 4 members (excludes halogenated alkanes) is 9. The van der Waals surface area contributed by atoms with E-state index in [0.717, 1.165) is 24.1 Å². The molecule has 0 spiro atoms. The Bertz CT molecular complexity index is 569. The van der Waals surface area contributed by atoms with Gasteiger partial charge in [0.1, 0.15) is 0 Å². The molecule has 0 aliphatic carbocycles. The van der Waals surface area contributed by atoms with E-state index in [-0.39, 0.29) is 22.4 Å². The summed E-state index contributed by atoms with van der Waals surface area (Å²) >= 11 is 0. The first-order valence-electron chi connectivity index (χ1n) is 9.57. The van der Waals surface area contributed by atoms with Gasteiger partial charge in [-0.25, -0.2) is 0 Å². The molecule has 1 N–H and O–H groups in total. The quantitative estimate of drug-likeness (QED) is 0.283. The van der Waals surface area contributed by atoms with E-state index < -0.39 is 0 Å². The summed E-state index contributed by atoms with van der Waals surface area (Å²) < 4.78 is 1.56. The minimum atomic E-state index is 0. The fourth-order valence-electron chi connectivity index (χ4n) is 3.04. The topological polar surface area (TPSA) is 38.0 Å². The summed E-state index contributed by atoms with van der Waals surface area (Å²) in [6.07, 6.45) is 17.0. The van der Waals surface area contributed by atoms with Crippen LogP contribution in [0.2, 0.25) is 0 Å². The van der Waals surface area contributed by atoms with Crippen LogP contribution < -0.4 is 0 Å². The Labute approximate surface area is 162 Å². The Morgan fingerprint density at radius 3 is 2.04 bits per heavy atom. The molecule has 0 aliphatic heterocycles. The van der Waals surface area contributed by atoms with Gasteiger partial charge in [-0.2, -0.15) is 0 Å². The van der Waals surface area contributed by atoms with Crippen LogP contribution in [0.1, 0.15) is 76.7 Å². The first-order chi connectivity index (χ1) is 11.8. The molecule has 142 valence electrons. The second-order valence-corrected chi connectivity index (χ2v) is 6.59. The molecule has 0 atom stereocenters. The number of hydrogen-bond donors (Lipinski definition) is 1. The van der Waals surface area contributed by atoms with Gasteiger partial charge in [0.15, 0.2) is 0 Å². The average Bonchev–Trinajstić information content (AvgIpc) is 2.98. The van der Waals surface area contributed by atoms with Crippen molar-refractivity contribution in [2.45, 2.75) is 77.6 Å². The predicted octanol–water partition coefficient (Wildman–Crippen LogP) is 5.84. The van der Waals surface area contributed by atoms with Gasteiger partial charge in [-0.1, -0.05) is 95.8 Å². The Balaban J connectivity index is 0.00000312. The molecule has 25 heavy (non-hydrogen) atoms. The summed E-state index contributed by atoms with van der Waals surface area (Å²) in [6, 6.07) is 9.71. The maximum absolute atomic E-state index is 10.3. The molecule has 0 unspecified atom stereocenters. The van der Waals surface area contributed by atoms with E-state index in [1.807, 2.05) is 30.3 Å². The third-order valence-corrected chi connectivity index (χ3v) is 4.54. The summed E-state index contributed by atoms with van der Waals surface area (Å²) in [4.78, 5) is 0. The zero-order valence-corrected chi connectivity index (χ0v) is 16.3. The summed E-state index contributed by atoms with van der Waals surface area (Å²) in [5.74, 6) is 0.233. The standard InChI is InChI=1S/C21H31N2O.Ni/c1-2-3-4-5-6-7-8-9-10-12-15-19-18-22-23(21(19)24)20-16-13-11-14-17-20;/h11,13-14,16-17,24H,2-10,12,15H2,1H3;/q-1;. The van der Waals surface area contributed by atoms with Gasteiger partial charge in [0.2, 0.25) is 0 Å². The van der Waals surface area contributed by atoms with Crippen LogP contribution in [-0.4, -0.2) is 14.9 Å². The third-order valence-electron chi connectivity index (χ3n) is 4.54. The second-order valence-electron chi connectivity index (χ2n) is 6.59. The first kappa shape index (κ1) is 21.8. The SMILES string of the molecule is CCCCCCCCCCCCc1[c-]nn(-c2ccccc2)c1O.[Ni]. The molecule has 0 fully saturated rings. The van der Waals surface area contributed by atoms with E-state index in [1.54, 1.807) is 4.68 Å². The molecule has 0 saturated carbocycles. The molecule has 0 bridgehead atoms. The van der Waals surface area contributed by atoms with Gasteiger partial charge in [-0.15, -0.1) is 11.8 Å². The van der Waals surface area contributed by atoms with Gasteiger partial charge in [-0.3, -0.25) is 9.78 Å². The smallest absolute Gasteiger partial charge is 0.0575 e.